The van der Waals surface area contributed by atoms with E-state index in [2.05, 4.69) is 59.6 Å². The van der Waals surface area contributed by atoms with Gasteiger partial charge < -0.3 is 10.6 Å². The van der Waals surface area contributed by atoms with Gasteiger partial charge in [0.1, 0.15) is 17.5 Å². The van der Waals surface area contributed by atoms with Crippen molar-refractivity contribution in [3.05, 3.63) is 41.2 Å². The van der Waals surface area contributed by atoms with Crippen LogP contribution in [-0.4, -0.2) is 16.5 Å². The molecule has 0 amide bonds. The first-order chi connectivity index (χ1) is 10.0. The molecule has 0 fully saturated rings. The highest BCUT2D eigenvalue weighted by Gasteiger charge is 2.11. The second kappa shape index (κ2) is 6.57. The summed E-state index contributed by atoms with van der Waals surface area (Å²) in [7, 11) is 0. The predicted molar refractivity (Wildman–Crippen MR) is 89.5 cm³/mol. The molecule has 0 spiro atoms. The molecular formula is C17H24N4. The Morgan fingerprint density at radius 3 is 2.38 bits per heavy atom. The van der Waals surface area contributed by atoms with Gasteiger partial charge in [0.15, 0.2) is 0 Å². The molecule has 0 unspecified atom stereocenters. The average Bonchev–Trinajstić information content (AvgIpc) is 2.44. The van der Waals surface area contributed by atoms with Gasteiger partial charge in [0.2, 0.25) is 0 Å². The lowest BCUT2D eigenvalue weighted by atomic mass is 10.0. The number of aryl methyl sites for hydroxylation is 1. The Kier molecular flexibility index (Phi) is 4.78. The molecule has 21 heavy (non-hydrogen) atoms. The number of aromatic nitrogens is 2. The first-order valence-corrected chi connectivity index (χ1v) is 7.48. The van der Waals surface area contributed by atoms with Gasteiger partial charge in [0.05, 0.1) is 0 Å². The third kappa shape index (κ3) is 3.51. The Morgan fingerprint density at radius 2 is 1.71 bits per heavy atom. The highest BCUT2D eigenvalue weighted by molar-refractivity contribution is 5.67. The van der Waals surface area contributed by atoms with Crippen molar-refractivity contribution in [2.75, 3.05) is 17.2 Å². The normalized spacial score (nSPS) is 10.8. The Bertz CT molecular complexity index is 620. The van der Waals surface area contributed by atoms with Crippen molar-refractivity contribution in [2.24, 2.45) is 0 Å². The third-order valence-electron chi connectivity index (χ3n) is 3.44. The Morgan fingerprint density at radius 1 is 1.05 bits per heavy atom. The predicted octanol–water partition coefficient (Wildman–Crippen LogP) is 4.39. The Labute approximate surface area is 127 Å². The largest absolute Gasteiger partial charge is 0.370 e. The van der Waals surface area contributed by atoms with Crippen molar-refractivity contribution in [2.45, 2.75) is 40.5 Å². The molecule has 112 valence electrons. The number of hydrogen-bond donors (Lipinski definition) is 2. The van der Waals surface area contributed by atoms with E-state index in [1.54, 1.807) is 0 Å². The topological polar surface area (TPSA) is 49.8 Å². The monoisotopic (exact) mass is 284 g/mol. The first-order valence-electron chi connectivity index (χ1n) is 7.48. The lowest BCUT2D eigenvalue weighted by Gasteiger charge is -2.17. The summed E-state index contributed by atoms with van der Waals surface area (Å²) in [5.41, 5.74) is 3.44. The summed E-state index contributed by atoms with van der Waals surface area (Å²) >= 11 is 0. The average molecular weight is 284 g/mol. The van der Waals surface area contributed by atoms with Gasteiger partial charge in [-0.2, -0.15) is 0 Å². The minimum atomic E-state index is 0.463. The summed E-state index contributed by atoms with van der Waals surface area (Å²) in [6.45, 7) is 11.3. The molecule has 1 heterocycles. The zero-order valence-corrected chi connectivity index (χ0v) is 13.5. The van der Waals surface area contributed by atoms with Crippen molar-refractivity contribution in [1.82, 2.24) is 9.97 Å². The van der Waals surface area contributed by atoms with E-state index in [9.17, 15) is 0 Å². The smallest absolute Gasteiger partial charge is 0.139 e. The number of nitrogens with zero attached hydrogens (tertiary/aromatic N) is 2. The van der Waals surface area contributed by atoms with E-state index in [1.165, 1.54) is 5.56 Å². The second-order valence-corrected chi connectivity index (χ2v) is 5.49. The van der Waals surface area contributed by atoms with Crippen LogP contribution in [0.1, 0.15) is 43.6 Å². The summed E-state index contributed by atoms with van der Waals surface area (Å²) in [5.74, 6) is 2.99. The van der Waals surface area contributed by atoms with Crippen LogP contribution in [0.25, 0.3) is 0 Å². The van der Waals surface area contributed by atoms with E-state index < -0.39 is 0 Å². The molecule has 0 saturated heterocycles. The minimum absolute atomic E-state index is 0.463. The number of para-hydroxylation sites is 1. The van der Waals surface area contributed by atoms with Gasteiger partial charge in [-0.25, -0.2) is 9.97 Å². The maximum Gasteiger partial charge on any atom is 0.139 e. The molecule has 4 nitrogen and oxygen atoms in total. The van der Waals surface area contributed by atoms with Crippen LogP contribution >= 0.6 is 0 Å². The van der Waals surface area contributed by atoms with Gasteiger partial charge in [-0.3, -0.25) is 0 Å². The van der Waals surface area contributed by atoms with Gasteiger partial charge >= 0.3 is 0 Å². The highest BCUT2D eigenvalue weighted by atomic mass is 15.1. The van der Waals surface area contributed by atoms with Gasteiger partial charge in [-0.05, 0) is 38.3 Å². The zero-order chi connectivity index (χ0) is 15.4. The molecule has 1 aromatic carbocycles. The molecule has 0 saturated carbocycles. The molecule has 2 N–H and O–H groups in total. The van der Waals surface area contributed by atoms with E-state index in [0.717, 1.165) is 35.3 Å². The van der Waals surface area contributed by atoms with Crippen molar-refractivity contribution < 1.29 is 0 Å². The first kappa shape index (κ1) is 15.3. The zero-order valence-electron chi connectivity index (χ0n) is 13.5. The van der Waals surface area contributed by atoms with Crippen molar-refractivity contribution in [3.8, 4) is 0 Å². The van der Waals surface area contributed by atoms with Gasteiger partial charge in [0, 0.05) is 17.8 Å². The molecule has 2 aromatic rings. The fourth-order valence-corrected chi connectivity index (χ4v) is 2.33. The second-order valence-electron chi connectivity index (χ2n) is 5.49. The third-order valence-corrected chi connectivity index (χ3v) is 3.44. The Hall–Kier alpha value is -2.10. The molecule has 0 aliphatic carbocycles. The van der Waals surface area contributed by atoms with Crippen LogP contribution in [-0.2, 0) is 0 Å². The summed E-state index contributed by atoms with van der Waals surface area (Å²) in [4.78, 5) is 9.01. The summed E-state index contributed by atoms with van der Waals surface area (Å²) in [6, 6.07) is 8.37. The van der Waals surface area contributed by atoms with Crippen LogP contribution in [0.4, 0.5) is 17.3 Å². The number of hydrogen-bond acceptors (Lipinski definition) is 4. The molecule has 0 aliphatic rings. The van der Waals surface area contributed by atoms with Crippen molar-refractivity contribution in [3.63, 3.8) is 0 Å². The number of nitrogens with one attached hydrogen (secondary N) is 2. The van der Waals surface area contributed by atoms with E-state index in [-0.39, 0.29) is 0 Å². The lowest BCUT2D eigenvalue weighted by molar-refractivity contribution is 0.868. The summed E-state index contributed by atoms with van der Waals surface area (Å²) in [5, 5.41) is 6.76. The fourth-order valence-electron chi connectivity index (χ4n) is 2.33. The minimum Gasteiger partial charge on any atom is -0.370 e. The molecular weight excluding hydrogens is 260 g/mol. The Balaban J connectivity index is 2.40. The van der Waals surface area contributed by atoms with Gasteiger partial charge in [-0.1, -0.05) is 32.0 Å². The maximum absolute atomic E-state index is 4.55. The summed E-state index contributed by atoms with van der Waals surface area (Å²) < 4.78 is 0. The van der Waals surface area contributed by atoms with Crippen LogP contribution in [0, 0.1) is 13.8 Å². The lowest BCUT2D eigenvalue weighted by Crippen LogP contribution is -2.08. The standard InChI is InChI=1S/C17H24N4/c1-6-18-16-12(4)17(20-13(5)19-16)21-15-10-8-7-9-14(15)11(2)3/h7-11H,6H2,1-5H3,(H2,18,19,20,21). The summed E-state index contributed by atoms with van der Waals surface area (Å²) in [6.07, 6.45) is 0. The van der Waals surface area contributed by atoms with E-state index >= 15 is 0 Å². The number of benzene rings is 1. The number of rotatable bonds is 5. The van der Waals surface area contributed by atoms with Crippen molar-refractivity contribution in [1.29, 1.82) is 0 Å². The van der Waals surface area contributed by atoms with Crippen LogP contribution < -0.4 is 10.6 Å². The molecule has 1 aromatic heterocycles. The van der Waals surface area contributed by atoms with Gasteiger partial charge in [-0.15, -0.1) is 0 Å². The van der Waals surface area contributed by atoms with Crippen LogP contribution in [0.15, 0.2) is 24.3 Å². The SMILES string of the molecule is CCNc1nc(C)nc(Nc2ccccc2C(C)C)c1C. The molecule has 0 atom stereocenters. The van der Waals surface area contributed by atoms with Crippen LogP contribution in [0.2, 0.25) is 0 Å². The van der Waals surface area contributed by atoms with E-state index in [4.69, 9.17) is 0 Å². The molecule has 0 aliphatic heterocycles. The molecule has 0 bridgehead atoms. The molecule has 4 heteroatoms. The van der Waals surface area contributed by atoms with E-state index in [0.29, 0.717) is 5.92 Å². The van der Waals surface area contributed by atoms with Crippen molar-refractivity contribution >= 4 is 17.3 Å². The maximum atomic E-state index is 4.55. The molecule has 0 radical (unpaired) electrons. The van der Waals surface area contributed by atoms with Crippen LogP contribution in [0.3, 0.4) is 0 Å². The van der Waals surface area contributed by atoms with Crippen LogP contribution in [0.5, 0.6) is 0 Å². The quantitative estimate of drug-likeness (QED) is 0.854. The van der Waals surface area contributed by atoms with Gasteiger partial charge in [0.25, 0.3) is 0 Å². The molecule has 2 rings (SSSR count). The highest BCUT2D eigenvalue weighted by Crippen LogP contribution is 2.29. The fraction of sp³-hybridized carbons (Fsp3) is 0.412. The van der Waals surface area contributed by atoms with E-state index in [1.807, 2.05) is 19.9 Å². The number of anilines is 3.